The van der Waals surface area contributed by atoms with Crippen LogP contribution in [0.2, 0.25) is 0 Å². The molecule has 0 aliphatic carbocycles. The van der Waals surface area contributed by atoms with Crippen LogP contribution in [0.5, 0.6) is 0 Å². The van der Waals surface area contributed by atoms with Gasteiger partial charge in [0, 0.05) is 25.6 Å². The molecule has 17 heavy (non-hydrogen) atoms. The zero-order chi connectivity index (χ0) is 12.3. The van der Waals surface area contributed by atoms with Crippen molar-refractivity contribution in [1.82, 2.24) is 10.2 Å². The van der Waals surface area contributed by atoms with E-state index in [1.807, 2.05) is 0 Å². The van der Waals surface area contributed by atoms with Gasteiger partial charge in [-0.25, -0.2) is 4.39 Å². The first-order valence-corrected chi connectivity index (χ1v) is 5.85. The van der Waals surface area contributed by atoms with Crippen molar-refractivity contribution >= 4 is 5.91 Å². The Bertz CT molecular complexity index is 404. The lowest BCUT2D eigenvalue weighted by Gasteiger charge is -2.28. The molecule has 0 spiro atoms. The van der Waals surface area contributed by atoms with Crippen molar-refractivity contribution in [2.75, 3.05) is 20.1 Å². The third-order valence-corrected chi connectivity index (χ3v) is 3.12. The van der Waals surface area contributed by atoms with Crippen molar-refractivity contribution in [3.8, 4) is 0 Å². The third-order valence-electron chi connectivity index (χ3n) is 3.12. The zero-order valence-corrected chi connectivity index (χ0v) is 9.95. The normalized spacial score (nSPS) is 15.4. The number of nitrogens with zero attached hydrogens (tertiary/aromatic N) is 1. The molecule has 0 atom stereocenters. The number of hydrogen-bond acceptors (Lipinski definition) is 2. The van der Waals surface area contributed by atoms with E-state index in [-0.39, 0.29) is 11.7 Å². The molecule has 1 saturated heterocycles. The lowest BCUT2D eigenvalue weighted by atomic mass is 9.99. The molecule has 0 unspecified atom stereocenters. The SMILES string of the molecule is CN(Cc1ccccc1F)C(=O)CC1CNC1. The minimum absolute atomic E-state index is 0.0831. The summed E-state index contributed by atoms with van der Waals surface area (Å²) in [7, 11) is 1.72. The summed E-state index contributed by atoms with van der Waals surface area (Å²) in [6.45, 7) is 2.17. The molecule has 1 aliphatic rings. The predicted octanol–water partition coefficient (Wildman–Crippen LogP) is 1.39. The van der Waals surface area contributed by atoms with Crippen molar-refractivity contribution in [3.05, 3.63) is 35.6 Å². The lowest BCUT2D eigenvalue weighted by molar-refractivity contribution is -0.131. The number of benzene rings is 1. The lowest BCUT2D eigenvalue weighted by Crippen LogP contribution is -2.44. The maximum Gasteiger partial charge on any atom is 0.222 e. The summed E-state index contributed by atoms with van der Waals surface area (Å²) in [5.74, 6) is 0.280. The average molecular weight is 236 g/mol. The second-order valence-electron chi connectivity index (χ2n) is 4.57. The molecule has 1 N–H and O–H groups in total. The standard InChI is InChI=1S/C13H17FN2O/c1-16(13(17)6-10-7-15-8-10)9-11-4-2-3-5-12(11)14/h2-5,10,15H,6-9H2,1H3. The fourth-order valence-corrected chi connectivity index (χ4v) is 1.87. The molecule has 92 valence electrons. The topological polar surface area (TPSA) is 32.3 Å². The van der Waals surface area contributed by atoms with Crippen LogP contribution in [-0.4, -0.2) is 30.9 Å². The highest BCUT2D eigenvalue weighted by Crippen LogP contribution is 2.13. The van der Waals surface area contributed by atoms with E-state index in [1.165, 1.54) is 6.07 Å². The van der Waals surface area contributed by atoms with Crippen LogP contribution in [0.3, 0.4) is 0 Å². The second-order valence-corrected chi connectivity index (χ2v) is 4.57. The Morgan fingerprint density at radius 3 is 2.76 bits per heavy atom. The first-order valence-electron chi connectivity index (χ1n) is 5.85. The van der Waals surface area contributed by atoms with E-state index >= 15 is 0 Å². The van der Waals surface area contributed by atoms with Gasteiger partial charge in [0.15, 0.2) is 0 Å². The number of carbonyl (C=O) groups excluding carboxylic acids is 1. The van der Waals surface area contributed by atoms with Gasteiger partial charge in [0.1, 0.15) is 5.82 Å². The summed E-state index contributed by atoms with van der Waals surface area (Å²) in [5, 5.41) is 3.13. The maximum absolute atomic E-state index is 13.4. The molecule has 0 aromatic heterocycles. The van der Waals surface area contributed by atoms with Gasteiger partial charge in [-0.05, 0) is 25.1 Å². The first-order chi connectivity index (χ1) is 8.16. The van der Waals surface area contributed by atoms with Crippen molar-refractivity contribution in [1.29, 1.82) is 0 Å². The number of rotatable bonds is 4. The van der Waals surface area contributed by atoms with E-state index in [9.17, 15) is 9.18 Å². The van der Waals surface area contributed by atoms with Gasteiger partial charge in [0.2, 0.25) is 5.91 Å². The highest BCUT2D eigenvalue weighted by atomic mass is 19.1. The van der Waals surface area contributed by atoms with Crippen LogP contribution in [-0.2, 0) is 11.3 Å². The fraction of sp³-hybridized carbons (Fsp3) is 0.462. The number of amides is 1. The number of hydrogen-bond donors (Lipinski definition) is 1. The Morgan fingerprint density at radius 2 is 2.18 bits per heavy atom. The molecule has 1 fully saturated rings. The summed E-state index contributed by atoms with van der Waals surface area (Å²) in [6.07, 6.45) is 0.554. The Labute approximate surface area is 101 Å². The van der Waals surface area contributed by atoms with Crippen molar-refractivity contribution < 1.29 is 9.18 Å². The summed E-state index contributed by atoms with van der Waals surface area (Å²) < 4.78 is 13.4. The number of nitrogens with one attached hydrogen (secondary N) is 1. The average Bonchev–Trinajstić information content (AvgIpc) is 2.26. The van der Waals surface area contributed by atoms with Gasteiger partial charge in [-0.15, -0.1) is 0 Å². The van der Waals surface area contributed by atoms with Crippen LogP contribution < -0.4 is 5.32 Å². The van der Waals surface area contributed by atoms with Gasteiger partial charge in [-0.3, -0.25) is 4.79 Å². The molecule has 0 radical (unpaired) electrons. The molecule has 2 rings (SSSR count). The molecule has 1 aliphatic heterocycles. The monoisotopic (exact) mass is 236 g/mol. The molecular formula is C13H17FN2O. The third kappa shape index (κ3) is 3.03. The second kappa shape index (κ2) is 5.27. The van der Waals surface area contributed by atoms with Crippen LogP contribution >= 0.6 is 0 Å². The van der Waals surface area contributed by atoms with E-state index < -0.39 is 0 Å². The maximum atomic E-state index is 13.4. The largest absolute Gasteiger partial charge is 0.341 e. The van der Waals surface area contributed by atoms with E-state index in [0.717, 1.165) is 13.1 Å². The van der Waals surface area contributed by atoms with E-state index in [1.54, 1.807) is 30.1 Å². The Kier molecular flexibility index (Phi) is 3.74. The van der Waals surface area contributed by atoms with Crippen molar-refractivity contribution in [2.45, 2.75) is 13.0 Å². The van der Waals surface area contributed by atoms with Gasteiger partial charge in [-0.2, -0.15) is 0 Å². The highest BCUT2D eigenvalue weighted by Gasteiger charge is 2.22. The van der Waals surface area contributed by atoms with E-state index in [4.69, 9.17) is 0 Å². The molecule has 1 heterocycles. The van der Waals surface area contributed by atoms with Crippen LogP contribution in [0.15, 0.2) is 24.3 Å². The first kappa shape index (κ1) is 12.0. The predicted molar refractivity (Wildman–Crippen MR) is 63.9 cm³/mol. The smallest absolute Gasteiger partial charge is 0.222 e. The summed E-state index contributed by atoms with van der Waals surface area (Å²) in [5.41, 5.74) is 0.565. The number of carbonyl (C=O) groups is 1. The summed E-state index contributed by atoms with van der Waals surface area (Å²) in [4.78, 5) is 13.4. The van der Waals surface area contributed by atoms with Gasteiger partial charge >= 0.3 is 0 Å². The van der Waals surface area contributed by atoms with Crippen molar-refractivity contribution in [3.63, 3.8) is 0 Å². The minimum atomic E-state index is -0.252. The van der Waals surface area contributed by atoms with Crippen LogP contribution in [0.25, 0.3) is 0 Å². The van der Waals surface area contributed by atoms with Gasteiger partial charge < -0.3 is 10.2 Å². The van der Waals surface area contributed by atoms with Gasteiger partial charge in [0.25, 0.3) is 0 Å². The molecule has 3 nitrogen and oxygen atoms in total. The van der Waals surface area contributed by atoms with Crippen LogP contribution in [0, 0.1) is 11.7 Å². The van der Waals surface area contributed by atoms with Crippen LogP contribution in [0.1, 0.15) is 12.0 Å². The van der Waals surface area contributed by atoms with E-state index in [0.29, 0.717) is 24.4 Å². The number of halogens is 1. The molecule has 0 bridgehead atoms. The Morgan fingerprint density at radius 1 is 1.47 bits per heavy atom. The molecule has 0 saturated carbocycles. The molecule has 1 aromatic carbocycles. The summed E-state index contributed by atoms with van der Waals surface area (Å²) in [6, 6.07) is 6.57. The minimum Gasteiger partial charge on any atom is -0.341 e. The molecule has 1 amide bonds. The van der Waals surface area contributed by atoms with Crippen LogP contribution in [0.4, 0.5) is 4.39 Å². The Balaban J connectivity index is 1.89. The zero-order valence-electron chi connectivity index (χ0n) is 9.95. The molecular weight excluding hydrogens is 219 g/mol. The summed E-state index contributed by atoms with van der Waals surface area (Å²) >= 11 is 0. The highest BCUT2D eigenvalue weighted by molar-refractivity contribution is 5.76. The Hall–Kier alpha value is -1.42. The fourth-order valence-electron chi connectivity index (χ4n) is 1.87. The van der Waals surface area contributed by atoms with Crippen molar-refractivity contribution in [2.24, 2.45) is 5.92 Å². The van der Waals surface area contributed by atoms with Gasteiger partial charge in [0.05, 0.1) is 0 Å². The molecule has 4 heteroatoms. The van der Waals surface area contributed by atoms with E-state index in [2.05, 4.69) is 5.32 Å². The van der Waals surface area contributed by atoms with Gasteiger partial charge in [-0.1, -0.05) is 18.2 Å². The molecule has 1 aromatic rings. The quantitative estimate of drug-likeness (QED) is 0.857.